The van der Waals surface area contributed by atoms with E-state index >= 15 is 0 Å². The number of para-hydroxylation sites is 2. The number of nitrogens with zero attached hydrogens (tertiary/aromatic N) is 2. The highest BCUT2D eigenvalue weighted by atomic mass is 16.5. The van der Waals surface area contributed by atoms with Crippen molar-refractivity contribution in [1.29, 1.82) is 0 Å². The maximum atomic E-state index is 5.24. The predicted octanol–water partition coefficient (Wildman–Crippen LogP) is 2.50. The summed E-state index contributed by atoms with van der Waals surface area (Å²) >= 11 is 0. The van der Waals surface area contributed by atoms with Crippen LogP contribution in [0.3, 0.4) is 0 Å². The largest absolute Gasteiger partial charge is 0.383 e. The summed E-state index contributed by atoms with van der Waals surface area (Å²) in [5.74, 6) is 1.16. The van der Waals surface area contributed by atoms with E-state index < -0.39 is 0 Å². The number of methoxy groups -OCH3 is 1. The maximum absolute atomic E-state index is 5.24. The van der Waals surface area contributed by atoms with Gasteiger partial charge in [0.2, 0.25) is 0 Å². The molecule has 1 N–H and O–H groups in total. The van der Waals surface area contributed by atoms with Crippen molar-refractivity contribution in [2.45, 2.75) is 31.8 Å². The zero-order valence-corrected chi connectivity index (χ0v) is 11.4. The molecule has 0 radical (unpaired) electrons. The molecule has 1 aromatic heterocycles. The minimum absolute atomic E-state index is 0.387. The van der Waals surface area contributed by atoms with Crippen LogP contribution in [0.4, 0.5) is 0 Å². The lowest BCUT2D eigenvalue weighted by Gasteiger charge is -2.23. The van der Waals surface area contributed by atoms with Crippen LogP contribution in [0.2, 0.25) is 0 Å². The minimum atomic E-state index is 0.387. The molecule has 1 aliphatic rings. The second-order valence-electron chi connectivity index (χ2n) is 5.11. The van der Waals surface area contributed by atoms with Crippen LogP contribution in [-0.4, -0.2) is 29.8 Å². The predicted molar refractivity (Wildman–Crippen MR) is 76.2 cm³/mol. The van der Waals surface area contributed by atoms with Gasteiger partial charge in [0.15, 0.2) is 0 Å². The lowest BCUT2D eigenvalue weighted by atomic mass is 10.0. The number of hydrogen-bond donors (Lipinski definition) is 1. The summed E-state index contributed by atoms with van der Waals surface area (Å²) in [6.45, 7) is 2.68. The van der Waals surface area contributed by atoms with Crippen molar-refractivity contribution in [3.05, 3.63) is 30.1 Å². The topological polar surface area (TPSA) is 39.1 Å². The second-order valence-corrected chi connectivity index (χ2v) is 5.11. The molecule has 1 saturated heterocycles. The molecule has 0 spiro atoms. The summed E-state index contributed by atoms with van der Waals surface area (Å²) in [4.78, 5) is 4.83. The zero-order valence-electron chi connectivity index (χ0n) is 11.4. The fourth-order valence-electron chi connectivity index (χ4n) is 2.85. The second kappa shape index (κ2) is 5.72. The van der Waals surface area contributed by atoms with Crippen LogP contribution >= 0.6 is 0 Å². The first kappa shape index (κ1) is 12.6. The van der Waals surface area contributed by atoms with Gasteiger partial charge < -0.3 is 14.6 Å². The van der Waals surface area contributed by atoms with Gasteiger partial charge in [0.05, 0.1) is 23.7 Å². The van der Waals surface area contributed by atoms with Gasteiger partial charge in [-0.15, -0.1) is 0 Å². The Kier molecular flexibility index (Phi) is 3.80. The standard InChI is InChI=1S/C15H21N3O/c1-19-11-10-18-14-8-3-2-6-12(14)17-15(18)13-7-4-5-9-16-13/h2-3,6,8,13,16H,4-5,7,9-11H2,1H3. The van der Waals surface area contributed by atoms with Crippen LogP contribution < -0.4 is 5.32 Å². The summed E-state index contributed by atoms with van der Waals surface area (Å²) in [6, 6.07) is 8.74. The van der Waals surface area contributed by atoms with Gasteiger partial charge >= 0.3 is 0 Å². The molecule has 1 unspecified atom stereocenters. The molecule has 3 rings (SSSR count). The number of rotatable bonds is 4. The average Bonchev–Trinajstić information content (AvgIpc) is 2.85. The highest BCUT2D eigenvalue weighted by Gasteiger charge is 2.21. The summed E-state index contributed by atoms with van der Waals surface area (Å²) in [6.07, 6.45) is 3.73. The van der Waals surface area contributed by atoms with Crippen LogP contribution in [0.1, 0.15) is 31.1 Å². The van der Waals surface area contributed by atoms with Crippen molar-refractivity contribution in [1.82, 2.24) is 14.9 Å². The molecule has 0 bridgehead atoms. The van der Waals surface area contributed by atoms with E-state index in [2.05, 4.69) is 28.1 Å². The van der Waals surface area contributed by atoms with Gasteiger partial charge in [0.25, 0.3) is 0 Å². The van der Waals surface area contributed by atoms with E-state index in [1.54, 1.807) is 7.11 Å². The first-order chi connectivity index (χ1) is 9.40. The van der Waals surface area contributed by atoms with E-state index in [0.29, 0.717) is 6.04 Å². The van der Waals surface area contributed by atoms with Crippen LogP contribution in [0, 0.1) is 0 Å². The van der Waals surface area contributed by atoms with Gasteiger partial charge in [0.1, 0.15) is 5.82 Å². The molecule has 4 heteroatoms. The van der Waals surface area contributed by atoms with E-state index in [1.807, 2.05) is 6.07 Å². The van der Waals surface area contributed by atoms with E-state index in [0.717, 1.165) is 31.0 Å². The fraction of sp³-hybridized carbons (Fsp3) is 0.533. The lowest BCUT2D eigenvalue weighted by Crippen LogP contribution is -2.29. The number of ether oxygens (including phenoxy) is 1. The van der Waals surface area contributed by atoms with Crippen molar-refractivity contribution in [2.75, 3.05) is 20.3 Å². The van der Waals surface area contributed by atoms with E-state index in [9.17, 15) is 0 Å². The van der Waals surface area contributed by atoms with Gasteiger partial charge in [-0.2, -0.15) is 0 Å². The first-order valence-electron chi connectivity index (χ1n) is 7.07. The van der Waals surface area contributed by atoms with Crippen LogP contribution in [0.15, 0.2) is 24.3 Å². The molecule has 2 heterocycles. The maximum Gasteiger partial charge on any atom is 0.127 e. The van der Waals surface area contributed by atoms with Crippen LogP contribution in [-0.2, 0) is 11.3 Å². The number of aromatic nitrogens is 2. The molecular formula is C15H21N3O. The van der Waals surface area contributed by atoms with Gasteiger partial charge in [-0.3, -0.25) is 0 Å². The Morgan fingerprint density at radius 2 is 2.26 bits per heavy atom. The number of piperidine rings is 1. The van der Waals surface area contributed by atoms with Gasteiger partial charge in [-0.25, -0.2) is 4.98 Å². The molecule has 0 saturated carbocycles. The molecule has 0 aliphatic carbocycles. The highest BCUT2D eigenvalue weighted by molar-refractivity contribution is 5.76. The summed E-state index contributed by atoms with van der Waals surface area (Å²) < 4.78 is 7.54. The summed E-state index contributed by atoms with van der Waals surface area (Å²) in [5.41, 5.74) is 2.29. The molecule has 1 aromatic carbocycles. The molecule has 4 nitrogen and oxygen atoms in total. The average molecular weight is 259 g/mol. The molecule has 1 fully saturated rings. The highest BCUT2D eigenvalue weighted by Crippen LogP contribution is 2.26. The monoisotopic (exact) mass is 259 g/mol. The number of hydrogen-bond acceptors (Lipinski definition) is 3. The third kappa shape index (κ3) is 2.51. The van der Waals surface area contributed by atoms with Crippen LogP contribution in [0.5, 0.6) is 0 Å². The Labute approximate surface area is 113 Å². The van der Waals surface area contributed by atoms with Crippen LogP contribution in [0.25, 0.3) is 11.0 Å². The Balaban J connectivity index is 2.00. The van der Waals surface area contributed by atoms with Crippen molar-refractivity contribution >= 4 is 11.0 Å². The van der Waals surface area contributed by atoms with E-state index in [-0.39, 0.29) is 0 Å². The van der Waals surface area contributed by atoms with E-state index in [1.165, 1.54) is 24.8 Å². The van der Waals surface area contributed by atoms with Crippen molar-refractivity contribution in [3.63, 3.8) is 0 Å². The Morgan fingerprint density at radius 3 is 3.05 bits per heavy atom. The first-order valence-corrected chi connectivity index (χ1v) is 7.07. The van der Waals surface area contributed by atoms with Gasteiger partial charge in [-0.05, 0) is 31.5 Å². The third-order valence-electron chi connectivity index (χ3n) is 3.83. The zero-order chi connectivity index (χ0) is 13.1. The van der Waals surface area contributed by atoms with Crippen molar-refractivity contribution in [2.24, 2.45) is 0 Å². The quantitative estimate of drug-likeness (QED) is 0.917. The van der Waals surface area contributed by atoms with E-state index in [4.69, 9.17) is 9.72 Å². The molecular weight excluding hydrogens is 238 g/mol. The van der Waals surface area contributed by atoms with Crippen molar-refractivity contribution < 1.29 is 4.74 Å². The fourth-order valence-corrected chi connectivity index (χ4v) is 2.85. The molecule has 19 heavy (non-hydrogen) atoms. The Hall–Kier alpha value is -1.39. The smallest absolute Gasteiger partial charge is 0.127 e. The number of imidazole rings is 1. The number of nitrogens with one attached hydrogen (secondary N) is 1. The van der Waals surface area contributed by atoms with Gasteiger partial charge in [-0.1, -0.05) is 18.6 Å². The SMILES string of the molecule is COCCn1c(C2CCCCN2)nc2ccccc21. The lowest BCUT2D eigenvalue weighted by molar-refractivity contribution is 0.186. The number of fused-ring (bicyclic) bond motifs is 1. The molecule has 0 amide bonds. The number of benzene rings is 1. The summed E-state index contributed by atoms with van der Waals surface area (Å²) in [5, 5.41) is 3.59. The Bertz CT molecular complexity index is 543. The normalized spacial score (nSPS) is 19.9. The molecule has 1 atom stereocenters. The minimum Gasteiger partial charge on any atom is -0.383 e. The van der Waals surface area contributed by atoms with Gasteiger partial charge in [0, 0.05) is 13.7 Å². The van der Waals surface area contributed by atoms with Crippen molar-refractivity contribution in [3.8, 4) is 0 Å². The molecule has 1 aliphatic heterocycles. The molecule has 102 valence electrons. The Morgan fingerprint density at radius 1 is 1.37 bits per heavy atom. The molecule has 2 aromatic rings. The summed E-state index contributed by atoms with van der Waals surface area (Å²) in [7, 11) is 1.75. The third-order valence-corrected chi connectivity index (χ3v) is 3.83.